The van der Waals surface area contributed by atoms with Crippen molar-refractivity contribution in [3.05, 3.63) is 29.6 Å². The van der Waals surface area contributed by atoms with Gasteiger partial charge in [-0.1, -0.05) is 0 Å². The maximum absolute atomic E-state index is 11.1. The Morgan fingerprint density at radius 3 is 2.73 bits per heavy atom. The first-order chi connectivity index (χ1) is 7.09. The van der Waals surface area contributed by atoms with Crippen molar-refractivity contribution in [3.63, 3.8) is 0 Å². The molecule has 0 aliphatic carbocycles. The van der Waals surface area contributed by atoms with Gasteiger partial charge in [-0.25, -0.2) is 0 Å². The van der Waals surface area contributed by atoms with Crippen LogP contribution in [0.1, 0.15) is 29.9 Å². The molecule has 0 aliphatic heterocycles. The topological polar surface area (TPSA) is 59.1 Å². The quantitative estimate of drug-likeness (QED) is 0.729. The number of hydrogen-bond donors (Lipinski definition) is 1. The van der Waals surface area contributed by atoms with Gasteiger partial charge in [0.25, 0.3) is 0 Å². The van der Waals surface area contributed by atoms with E-state index < -0.39 is 0 Å². The lowest BCUT2D eigenvalue weighted by Gasteiger charge is -2.03. The van der Waals surface area contributed by atoms with E-state index in [0.29, 0.717) is 18.7 Å². The molecule has 1 aromatic rings. The number of pyridine rings is 1. The maximum Gasteiger partial charge on any atom is 0.159 e. The zero-order valence-electron chi connectivity index (χ0n) is 8.91. The molecule has 80 valence electrons. The minimum Gasteiger partial charge on any atom is -0.304 e. The molecule has 4 nitrogen and oxygen atoms in total. The molecule has 0 saturated heterocycles. The zero-order chi connectivity index (χ0) is 11.3. The van der Waals surface area contributed by atoms with Gasteiger partial charge in [-0.05, 0) is 26.0 Å². The lowest BCUT2D eigenvalue weighted by atomic mass is 10.1. The Morgan fingerprint density at radius 1 is 1.40 bits per heavy atom. The van der Waals surface area contributed by atoms with Crippen LogP contribution in [0.15, 0.2) is 18.3 Å². The first kappa shape index (κ1) is 11.5. The summed E-state index contributed by atoms with van der Waals surface area (Å²) < 4.78 is 0. The second kappa shape index (κ2) is 5.36. The van der Waals surface area contributed by atoms with Crippen molar-refractivity contribution in [2.75, 3.05) is 6.54 Å². The Labute approximate surface area is 88.7 Å². The van der Waals surface area contributed by atoms with Crippen molar-refractivity contribution < 1.29 is 9.59 Å². The predicted octanol–water partition coefficient (Wildman–Crippen LogP) is 0.963. The third kappa shape index (κ3) is 3.99. The van der Waals surface area contributed by atoms with Crippen LogP contribution in [0.5, 0.6) is 0 Å². The van der Waals surface area contributed by atoms with Crippen molar-refractivity contribution in [2.45, 2.75) is 20.4 Å². The number of carbonyl (C=O) groups is 2. The number of aromatic nitrogens is 1. The first-order valence-corrected chi connectivity index (χ1v) is 4.75. The number of hydrogen-bond acceptors (Lipinski definition) is 4. The molecule has 0 unspecified atom stereocenters. The Bertz CT molecular complexity index is 375. The number of carbonyl (C=O) groups excluding carboxylic acids is 2. The van der Waals surface area contributed by atoms with Gasteiger partial charge in [-0.2, -0.15) is 0 Å². The fourth-order valence-corrected chi connectivity index (χ4v) is 1.16. The fraction of sp³-hybridized carbons (Fsp3) is 0.364. The summed E-state index contributed by atoms with van der Waals surface area (Å²) in [5, 5.41) is 2.94. The molecule has 0 amide bonds. The van der Waals surface area contributed by atoms with Crippen molar-refractivity contribution in [2.24, 2.45) is 0 Å². The molecule has 0 radical (unpaired) electrons. The van der Waals surface area contributed by atoms with Crippen LogP contribution >= 0.6 is 0 Å². The van der Waals surface area contributed by atoms with Crippen molar-refractivity contribution in [1.82, 2.24) is 10.3 Å². The average molecular weight is 206 g/mol. The zero-order valence-corrected chi connectivity index (χ0v) is 8.91. The van der Waals surface area contributed by atoms with E-state index in [4.69, 9.17) is 0 Å². The highest BCUT2D eigenvalue weighted by molar-refractivity contribution is 5.93. The third-order valence-electron chi connectivity index (χ3n) is 1.90. The molecule has 0 aliphatic rings. The minimum absolute atomic E-state index is 0.0187. The third-order valence-corrected chi connectivity index (χ3v) is 1.90. The molecule has 4 heteroatoms. The van der Waals surface area contributed by atoms with Crippen LogP contribution in [0.3, 0.4) is 0 Å². The molecule has 0 spiro atoms. The predicted molar refractivity (Wildman–Crippen MR) is 56.6 cm³/mol. The highest BCUT2D eigenvalue weighted by Crippen LogP contribution is 2.02. The van der Waals surface area contributed by atoms with Crippen LogP contribution < -0.4 is 5.32 Å². The lowest BCUT2D eigenvalue weighted by molar-refractivity contribution is -0.116. The summed E-state index contributed by atoms with van der Waals surface area (Å²) in [4.78, 5) is 25.8. The number of Topliss-reactive ketones (excluding diaryl/α,β-unsaturated/α-hetero) is 2. The number of nitrogens with one attached hydrogen (secondary N) is 1. The van der Waals surface area contributed by atoms with Gasteiger partial charge in [0.2, 0.25) is 0 Å². The molecule has 0 aromatic carbocycles. The second-order valence-electron chi connectivity index (χ2n) is 3.40. The van der Waals surface area contributed by atoms with Crippen LogP contribution in [0.25, 0.3) is 0 Å². The molecule has 0 bridgehead atoms. The summed E-state index contributed by atoms with van der Waals surface area (Å²) in [7, 11) is 0. The van der Waals surface area contributed by atoms with Crippen LogP contribution in [0.4, 0.5) is 0 Å². The normalized spacial score (nSPS) is 10.0. The molecule has 1 rings (SSSR count). The summed E-state index contributed by atoms with van der Waals surface area (Å²) >= 11 is 0. The van der Waals surface area contributed by atoms with E-state index in [9.17, 15) is 9.59 Å². The second-order valence-corrected chi connectivity index (χ2v) is 3.40. The monoisotopic (exact) mass is 206 g/mol. The molecule has 1 aromatic heterocycles. The summed E-state index contributed by atoms with van der Waals surface area (Å²) in [6.07, 6.45) is 1.60. The van der Waals surface area contributed by atoms with E-state index in [1.165, 1.54) is 13.8 Å². The molecule has 0 fully saturated rings. The Hall–Kier alpha value is -1.55. The number of ketones is 2. The van der Waals surface area contributed by atoms with Gasteiger partial charge in [0.05, 0.1) is 12.2 Å². The molecule has 0 atom stereocenters. The van der Waals surface area contributed by atoms with E-state index in [0.717, 1.165) is 5.69 Å². The molecule has 15 heavy (non-hydrogen) atoms. The summed E-state index contributed by atoms with van der Waals surface area (Å²) in [5.74, 6) is 0.0999. The van der Waals surface area contributed by atoms with Gasteiger partial charge in [0.15, 0.2) is 5.78 Å². The highest BCUT2D eigenvalue weighted by atomic mass is 16.1. The largest absolute Gasteiger partial charge is 0.304 e. The summed E-state index contributed by atoms with van der Waals surface area (Å²) in [6, 6.07) is 3.41. The standard InChI is InChI=1S/C11H14N2O2/c1-8(14)6-12-7-11-5-10(9(2)15)3-4-13-11/h3-5,12H,6-7H2,1-2H3. The van der Waals surface area contributed by atoms with Crippen molar-refractivity contribution in [3.8, 4) is 0 Å². The highest BCUT2D eigenvalue weighted by Gasteiger charge is 2.01. The van der Waals surface area contributed by atoms with Crippen LogP contribution in [0, 0.1) is 0 Å². The van der Waals surface area contributed by atoms with Gasteiger partial charge in [0.1, 0.15) is 5.78 Å². The van der Waals surface area contributed by atoms with Crippen LogP contribution in [0.2, 0.25) is 0 Å². The van der Waals surface area contributed by atoms with Crippen molar-refractivity contribution >= 4 is 11.6 Å². The van der Waals surface area contributed by atoms with Crippen molar-refractivity contribution in [1.29, 1.82) is 0 Å². The molecular weight excluding hydrogens is 192 g/mol. The lowest BCUT2D eigenvalue weighted by Crippen LogP contribution is -2.21. The smallest absolute Gasteiger partial charge is 0.159 e. The summed E-state index contributed by atoms with van der Waals surface area (Å²) in [5.41, 5.74) is 1.41. The van der Waals surface area contributed by atoms with Crippen LogP contribution in [-0.4, -0.2) is 23.1 Å². The number of rotatable bonds is 5. The number of nitrogens with zero attached hydrogens (tertiary/aromatic N) is 1. The van der Waals surface area contributed by atoms with E-state index in [1.54, 1.807) is 18.3 Å². The van der Waals surface area contributed by atoms with Crippen LogP contribution in [-0.2, 0) is 11.3 Å². The Balaban J connectivity index is 2.58. The van der Waals surface area contributed by atoms with Gasteiger partial charge in [-0.3, -0.25) is 14.6 Å². The SMILES string of the molecule is CC(=O)CNCc1cc(C(C)=O)ccn1. The average Bonchev–Trinajstić information content (AvgIpc) is 2.17. The maximum atomic E-state index is 11.1. The fourth-order valence-electron chi connectivity index (χ4n) is 1.16. The Morgan fingerprint density at radius 2 is 2.13 bits per heavy atom. The van der Waals surface area contributed by atoms with Gasteiger partial charge >= 0.3 is 0 Å². The minimum atomic E-state index is 0.0187. The van der Waals surface area contributed by atoms with E-state index >= 15 is 0 Å². The van der Waals surface area contributed by atoms with Gasteiger partial charge in [-0.15, -0.1) is 0 Å². The first-order valence-electron chi connectivity index (χ1n) is 4.75. The molecule has 1 N–H and O–H groups in total. The molecular formula is C11H14N2O2. The Kier molecular flexibility index (Phi) is 4.12. The van der Waals surface area contributed by atoms with E-state index in [1.807, 2.05) is 0 Å². The molecule has 1 heterocycles. The van der Waals surface area contributed by atoms with Gasteiger partial charge in [0, 0.05) is 18.3 Å². The van der Waals surface area contributed by atoms with Gasteiger partial charge < -0.3 is 5.32 Å². The summed E-state index contributed by atoms with van der Waals surface area (Å²) in [6.45, 7) is 3.86. The van der Waals surface area contributed by atoms with E-state index in [2.05, 4.69) is 10.3 Å². The van der Waals surface area contributed by atoms with E-state index in [-0.39, 0.29) is 11.6 Å². The molecule has 0 saturated carbocycles.